The molecule has 12 heavy (non-hydrogen) atoms. The lowest BCUT2D eigenvalue weighted by Crippen LogP contribution is -2.06. The molecule has 1 N–H and O–H groups in total. The second-order valence-corrected chi connectivity index (χ2v) is 3.43. The minimum atomic E-state index is 0. The van der Waals surface area contributed by atoms with Gasteiger partial charge in [0.25, 0.3) is 0 Å². The van der Waals surface area contributed by atoms with Gasteiger partial charge in [0, 0.05) is 13.3 Å². The van der Waals surface area contributed by atoms with Crippen LogP contribution in [0.15, 0.2) is 24.7 Å². The van der Waals surface area contributed by atoms with E-state index in [2.05, 4.69) is 22.1 Å². The summed E-state index contributed by atoms with van der Waals surface area (Å²) in [6.45, 7) is 0. The summed E-state index contributed by atoms with van der Waals surface area (Å²) in [4.78, 5) is 7.16. The molecule has 0 saturated carbocycles. The Bertz CT molecular complexity index is 254. The quantitative estimate of drug-likeness (QED) is 0.668. The molecule has 0 amide bonds. The molecule has 2 rings (SSSR count). The minimum absolute atomic E-state index is 0. The Hall–Kier alpha value is -1.05. The number of H-pyrrole nitrogens is 1. The molecule has 1 aromatic rings. The summed E-state index contributed by atoms with van der Waals surface area (Å²) in [5, 5.41) is 0. The molecule has 0 aromatic carbocycles. The fraction of sp³-hybridized carbons (Fsp3) is 0.500. The van der Waals surface area contributed by atoms with E-state index < -0.39 is 0 Å². The summed E-state index contributed by atoms with van der Waals surface area (Å²) in [6, 6.07) is 0. The van der Waals surface area contributed by atoms with Gasteiger partial charge in [0.05, 0.1) is 6.33 Å². The highest BCUT2D eigenvalue weighted by molar-refractivity contribution is 4.99. The van der Waals surface area contributed by atoms with Crippen molar-refractivity contribution in [3.63, 3.8) is 0 Å². The van der Waals surface area contributed by atoms with Crippen molar-refractivity contribution >= 4 is 0 Å². The van der Waals surface area contributed by atoms with Crippen molar-refractivity contribution < 1.29 is 1.43 Å². The first kappa shape index (κ1) is 7.59. The van der Waals surface area contributed by atoms with Gasteiger partial charge in [0.1, 0.15) is 0 Å². The van der Waals surface area contributed by atoms with Gasteiger partial charge < -0.3 is 4.98 Å². The Morgan fingerprint density at radius 2 is 2.58 bits per heavy atom. The van der Waals surface area contributed by atoms with Crippen molar-refractivity contribution in [1.82, 2.24) is 9.97 Å². The van der Waals surface area contributed by atoms with Crippen LogP contribution in [-0.2, 0) is 6.42 Å². The Morgan fingerprint density at radius 3 is 3.25 bits per heavy atom. The summed E-state index contributed by atoms with van der Waals surface area (Å²) in [5.41, 5.74) is 1.27. The minimum Gasteiger partial charge on any atom is -0.348 e. The van der Waals surface area contributed by atoms with E-state index in [1.54, 1.807) is 6.33 Å². The summed E-state index contributed by atoms with van der Waals surface area (Å²) >= 11 is 0. The molecule has 1 atom stereocenters. The predicted molar refractivity (Wildman–Crippen MR) is 50.9 cm³/mol. The van der Waals surface area contributed by atoms with Crippen molar-refractivity contribution in [1.29, 1.82) is 0 Å². The maximum atomic E-state index is 4.01. The van der Waals surface area contributed by atoms with Crippen molar-refractivity contribution in [3.05, 3.63) is 30.4 Å². The summed E-state index contributed by atoms with van der Waals surface area (Å²) in [6.07, 6.45) is 13.2. The van der Waals surface area contributed by atoms with Gasteiger partial charge in [-0.1, -0.05) is 12.2 Å². The van der Waals surface area contributed by atoms with Crippen LogP contribution in [-0.4, -0.2) is 9.97 Å². The van der Waals surface area contributed by atoms with Crippen LogP contribution < -0.4 is 0 Å². The summed E-state index contributed by atoms with van der Waals surface area (Å²) < 4.78 is 0. The Morgan fingerprint density at radius 1 is 1.58 bits per heavy atom. The van der Waals surface area contributed by atoms with E-state index in [1.165, 1.54) is 25.0 Å². The number of aromatic amines is 1. The Kier molecular flexibility index (Phi) is 2.26. The SMILES string of the molecule is C1=CCC(Cc2cnc[nH]2)CC1.[HH]. The highest BCUT2D eigenvalue weighted by Crippen LogP contribution is 2.21. The molecule has 2 nitrogen and oxygen atoms in total. The third-order valence-corrected chi connectivity index (χ3v) is 2.44. The Balaban J connectivity index is 0.000000845. The topological polar surface area (TPSA) is 28.7 Å². The predicted octanol–water partition coefficient (Wildman–Crippen LogP) is 2.55. The van der Waals surface area contributed by atoms with Gasteiger partial charge in [0.2, 0.25) is 0 Å². The monoisotopic (exact) mass is 164 g/mol. The maximum Gasteiger partial charge on any atom is 0.0921 e. The number of hydrogen-bond acceptors (Lipinski definition) is 1. The molecular weight excluding hydrogens is 148 g/mol. The van der Waals surface area contributed by atoms with E-state index in [9.17, 15) is 0 Å². The first-order valence-electron chi connectivity index (χ1n) is 4.57. The molecule has 0 saturated heterocycles. The van der Waals surface area contributed by atoms with E-state index in [-0.39, 0.29) is 1.43 Å². The third kappa shape index (κ3) is 1.76. The third-order valence-electron chi connectivity index (χ3n) is 2.44. The average Bonchev–Trinajstić information content (AvgIpc) is 2.59. The lowest BCUT2D eigenvalue weighted by atomic mass is 9.90. The molecule has 66 valence electrons. The molecule has 0 bridgehead atoms. The number of hydrogen-bond donors (Lipinski definition) is 1. The van der Waals surface area contributed by atoms with Crippen molar-refractivity contribution in [2.45, 2.75) is 25.7 Å². The van der Waals surface area contributed by atoms with Crippen LogP contribution in [0.4, 0.5) is 0 Å². The van der Waals surface area contributed by atoms with Gasteiger partial charge in [-0.25, -0.2) is 4.98 Å². The molecule has 0 spiro atoms. The van der Waals surface area contributed by atoms with Crippen LogP contribution in [0.3, 0.4) is 0 Å². The molecular formula is C10H16N2. The number of nitrogens with one attached hydrogen (secondary N) is 1. The van der Waals surface area contributed by atoms with E-state index in [0.717, 1.165) is 12.3 Å². The largest absolute Gasteiger partial charge is 0.348 e. The molecule has 0 radical (unpaired) electrons. The fourth-order valence-electron chi connectivity index (χ4n) is 1.75. The van der Waals surface area contributed by atoms with Crippen LogP contribution in [0.25, 0.3) is 0 Å². The molecule has 1 aliphatic rings. The van der Waals surface area contributed by atoms with E-state index in [1.807, 2.05) is 6.20 Å². The van der Waals surface area contributed by atoms with Gasteiger partial charge >= 0.3 is 0 Å². The first-order valence-corrected chi connectivity index (χ1v) is 4.57. The molecule has 1 unspecified atom stereocenters. The maximum absolute atomic E-state index is 4.01. The second-order valence-electron chi connectivity index (χ2n) is 3.43. The van der Waals surface area contributed by atoms with Crippen molar-refractivity contribution in [3.8, 4) is 0 Å². The van der Waals surface area contributed by atoms with Crippen molar-refractivity contribution in [2.24, 2.45) is 5.92 Å². The zero-order valence-electron chi connectivity index (χ0n) is 7.16. The van der Waals surface area contributed by atoms with Crippen molar-refractivity contribution in [2.75, 3.05) is 0 Å². The lowest BCUT2D eigenvalue weighted by Gasteiger charge is -2.15. The summed E-state index contributed by atoms with van der Waals surface area (Å²) in [5.74, 6) is 0.829. The second kappa shape index (κ2) is 3.57. The van der Waals surface area contributed by atoms with Gasteiger partial charge in [-0.3, -0.25) is 0 Å². The van der Waals surface area contributed by atoms with Crippen LogP contribution >= 0.6 is 0 Å². The zero-order valence-corrected chi connectivity index (χ0v) is 7.16. The normalized spacial score (nSPS) is 22.8. The lowest BCUT2D eigenvalue weighted by molar-refractivity contribution is 0.473. The molecule has 1 heterocycles. The molecule has 2 heteroatoms. The molecule has 1 aliphatic carbocycles. The van der Waals surface area contributed by atoms with Gasteiger partial charge in [0.15, 0.2) is 0 Å². The Labute approximate surface area is 74.2 Å². The highest BCUT2D eigenvalue weighted by atomic mass is 14.9. The molecule has 1 aromatic heterocycles. The average molecular weight is 164 g/mol. The number of imidazole rings is 1. The van der Waals surface area contributed by atoms with Crippen LogP contribution in [0.1, 0.15) is 26.4 Å². The standard InChI is InChI=1S/C10H14N2.H2/c1-2-4-9(5-3-1)6-10-7-11-8-12-10;/h1-2,7-9H,3-6H2,(H,11,12);1H. The van der Waals surface area contributed by atoms with Gasteiger partial charge in [-0.2, -0.15) is 0 Å². The van der Waals surface area contributed by atoms with Crippen LogP contribution in [0.2, 0.25) is 0 Å². The number of nitrogens with zero attached hydrogens (tertiary/aromatic N) is 1. The van der Waals surface area contributed by atoms with Gasteiger partial charge in [-0.05, 0) is 31.6 Å². The van der Waals surface area contributed by atoms with Crippen LogP contribution in [0, 0.1) is 5.92 Å². The van der Waals surface area contributed by atoms with E-state index >= 15 is 0 Å². The number of rotatable bonds is 2. The highest BCUT2D eigenvalue weighted by Gasteiger charge is 2.10. The number of allylic oxidation sites excluding steroid dienone is 2. The van der Waals surface area contributed by atoms with E-state index in [0.29, 0.717) is 0 Å². The van der Waals surface area contributed by atoms with Gasteiger partial charge in [-0.15, -0.1) is 0 Å². The summed E-state index contributed by atoms with van der Waals surface area (Å²) in [7, 11) is 0. The van der Waals surface area contributed by atoms with Crippen LogP contribution in [0.5, 0.6) is 0 Å². The first-order chi connectivity index (χ1) is 5.95. The fourth-order valence-corrected chi connectivity index (χ4v) is 1.75. The zero-order chi connectivity index (χ0) is 8.23. The van der Waals surface area contributed by atoms with E-state index in [4.69, 9.17) is 0 Å². The smallest absolute Gasteiger partial charge is 0.0921 e. The molecule has 0 fully saturated rings. The number of aromatic nitrogens is 2. The molecule has 0 aliphatic heterocycles.